The van der Waals surface area contributed by atoms with E-state index in [1.54, 1.807) is 48.5 Å². The number of aliphatic imine (C=N–C) groups is 2. The van der Waals surface area contributed by atoms with Crippen LogP contribution in [0.15, 0.2) is 116 Å². The number of carbonyl (C=O) groups excluding carboxylic acids is 2. The molecule has 2 aromatic rings. The van der Waals surface area contributed by atoms with Crippen molar-refractivity contribution in [3.63, 3.8) is 0 Å². The molecule has 10 heteroatoms. The highest BCUT2D eigenvalue weighted by Crippen LogP contribution is 2.41. The van der Waals surface area contributed by atoms with Gasteiger partial charge in [0.2, 0.25) is 0 Å². The summed E-state index contributed by atoms with van der Waals surface area (Å²) < 4.78 is 0. The molecule has 2 N–H and O–H groups in total. The van der Waals surface area contributed by atoms with Crippen LogP contribution < -0.4 is 0 Å². The van der Waals surface area contributed by atoms with Gasteiger partial charge in [0.1, 0.15) is 0 Å². The van der Waals surface area contributed by atoms with Crippen LogP contribution in [0.4, 0.5) is 0 Å². The van der Waals surface area contributed by atoms with Crippen LogP contribution in [0, 0.1) is 0 Å². The molecule has 0 spiro atoms. The van der Waals surface area contributed by atoms with Crippen molar-refractivity contribution < 1.29 is 29.4 Å². The van der Waals surface area contributed by atoms with E-state index in [2.05, 4.69) is 9.98 Å². The third-order valence-electron chi connectivity index (χ3n) is 5.41. The summed E-state index contributed by atoms with van der Waals surface area (Å²) in [6, 6.07) is 14.0. The van der Waals surface area contributed by atoms with E-state index in [0.717, 1.165) is 0 Å². The monoisotopic (exact) mass is 544 g/mol. The van der Waals surface area contributed by atoms with Crippen LogP contribution in [0.5, 0.6) is 0 Å². The van der Waals surface area contributed by atoms with Crippen LogP contribution in [0.1, 0.15) is 33.6 Å². The van der Waals surface area contributed by atoms with Crippen LogP contribution in [-0.4, -0.2) is 45.4 Å². The number of benzene rings is 2. The number of nitrogens with zero attached hydrogens (tertiary/aromatic N) is 2. The zero-order valence-electron chi connectivity index (χ0n) is 19.7. The molecule has 0 aromatic heterocycles. The predicted molar refractivity (Wildman–Crippen MR) is 147 cm³/mol. The molecule has 0 saturated heterocycles. The molecule has 2 amide bonds. The Labute approximate surface area is 225 Å². The Morgan fingerprint density at radius 1 is 0.605 bits per heavy atom. The molecule has 0 radical (unpaired) electrons. The lowest BCUT2D eigenvalue weighted by molar-refractivity contribution is -0.133. The number of rotatable bonds is 7. The lowest BCUT2D eigenvalue weighted by Crippen LogP contribution is -2.08. The standard InChI is InChI=1S/C28H20N2O6S2/c31-25(29-19-13-9-17(10-14-19)27(33)34)21-5-1-3-7-23(21)37-38-24-8-4-2-6-22(24)26(32)30-20-15-11-18(12-16-20)28(35)36/h1-13,15H,14,16H2,(H,33,34)(H,35,36). The smallest absolute Gasteiger partial charge is 0.335 e. The summed E-state index contributed by atoms with van der Waals surface area (Å²) in [5, 5.41) is 18.1. The van der Waals surface area contributed by atoms with Crippen LogP contribution in [0.3, 0.4) is 0 Å². The topological polar surface area (TPSA) is 133 Å². The highest BCUT2D eigenvalue weighted by atomic mass is 33.1. The van der Waals surface area contributed by atoms with Crippen LogP contribution >= 0.6 is 21.6 Å². The summed E-state index contributed by atoms with van der Waals surface area (Å²) in [5.74, 6) is -2.96. The zero-order chi connectivity index (χ0) is 27.1. The van der Waals surface area contributed by atoms with Crippen molar-refractivity contribution in [3.05, 3.63) is 107 Å². The summed E-state index contributed by atoms with van der Waals surface area (Å²) in [6.45, 7) is 0. The summed E-state index contributed by atoms with van der Waals surface area (Å²) in [7, 11) is 2.61. The van der Waals surface area contributed by atoms with Crippen molar-refractivity contribution in [2.24, 2.45) is 9.98 Å². The first-order valence-electron chi connectivity index (χ1n) is 11.3. The summed E-state index contributed by atoms with van der Waals surface area (Å²) in [4.78, 5) is 57.6. The van der Waals surface area contributed by atoms with Gasteiger partial charge in [-0.3, -0.25) is 9.59 Å². The second kappa shape index (κ2) is 12.3. The number of hydrogen-bond donors (Lipinski definition) is 2. The predicted octanol–water partition coefficient (Wildman–Crippen LogP) is 5.59. The zero-order valence-corrected chi connectivity index (χ0v) is 21.4. The quantitative estimate of drug-likeness (QED) is 0.431. The first-order valence-corrected chi connectivity index (χ1v) is 13.5. The Balaban J connectivity index is 1.48. The van der Waals surface area contributed by atoms with E-state index < -0.39 is 23.8 Å². The maximum atomic E-state index is 12.9. The molecule has 0 bridgehead atoms. The fourth-order valence-corrected chi connectivity index (χ4v) is 5.81. The van der Waals surface area contributed by atoms with Gasteiger partial charge in [-0.2, -0.15) is 0 Å². The molecule has 0 aliphatic heterocycles. The number of carbonyl (C=O) groups is 4. The largest absolute Gasteiger partial charge is 0.478 e. The molecular weight excluding hydrogens is 524 g/mol. The van der Waals surface area contributed by atoms with Gasteiger partial charge in [0, 0.05) is 34.1 Å². The second-order valence-corrected chi connectivity index (χ2v) is 10.2. The van der Waals surface area contributed by atoms with E-state index in [1.165, 1.54) is 58.0 Å². The molecule has 8 nitrogen and oxygen atoms in total. The van der Waals surface area contributed by atoms with Crippen LogP contribution in [0.25, 0.3) is 0 Å². The highest BCUT2D eigenvalue weighted by Gasteiger charge is 2.17. The molecule has 0 fully saturated rings. The number of amides is 2. The summed E-state index contributed by atoms with van der Waals surface area (Å²) in [5.41, 5.74) is 2.01. The molecule has 0 unspecified atom stereocenters. The number of carboxylic acid groups (broad SMARTS) is 2. The van der Waals surface area contributed by atoms with Gasteiger partial charge in [0.25, 0.3) is 11.8 Å². The minimum absolute atomic E-state index is 0.156. The van der Waals surface area contributed by atoms with Gasteiger partial charge < -0.3 is 10.2 Å². The van der Waals surface area contributed by atoms with E-state index in [-0.39, 0.29) is 24.0 Å². The van der Waals surface area contributed by atoms with Crippen molar-refractivity contribution in [2.45, 2.75) is 22.6 Å². The number of allylic oxidation sites excluding steroid dienone is 4. The molecule has 2 aliphatic rings. The molecule has 0 saturated carbocycles. The van der Waals surface area contributed by atoms with E-state index in [0.29, 0.717) is 32.3 Å². The van der Waals surface area contributed by atoms with E-state index in [1.807, 2.05) is 0 Å². The molecule has 2 aliphatic carbocycles. The van der Waals surface area contributed by atoms with Gasteiger partial charge in [-0.15, -0.1) is 0 Å². The van der Waals surface area contributed by atoms with Gasteiger partial charge in [-0.1, -0.05) is 58.0 Å². The maximum absolute atomic E-state index is 12.9. The third-order valence-corrected chi connectivity index (χ3v) is 7.89. The molecule has 4 rings (SSSR count). The first kappa shape index (κ1) is 26.8. The number of hydrogen-bond acceptors (Lipinski definition) is 6. The Morgan fingerprint density at radius 3 is 1.34 bits per heavy atom. The molecule has 190 valence electrons. The normalized spacial score (nSPS) is 16.7. The Morgan fingerprint density at radius 2 is 1.00 bits per heavy atom. The van der Waals surface area contributed by atoms with Gasteiger partial charge in [-0.05, 0) is 48.6 Å². The molecule has 38 heavy (non-hydrogen) atoms. The van der Waals surface area contributed by atoms with Crippen molar-refractivity contribution >= 4 is 56.8 Å². The van der Waals surface area contributed by atoms with Crippen LogP contribution in [-0.2, 0) is 9.59 Å². The van der Waals surface area contributed by atoms with Crippen molar-refractivity contribution in [3.8, 4) is 0 Å². The van der Waals surface area contributed by atoms with Crippen molar-refractivity contribution in [2.75, 3.05) is 0 Å². The van der Waals surface area contributed by atoms with E-state index in [9.17, 15) is 19.2 Å². The van der Waals surface area contributed by atoms with Gasteiger partial charge >= 0.3 is 11.9 Å². The first-order chi connectivity index (χ1) is 18.3. The van der Waals surface area contributed by atoms with Crippen molar-refractivity contribution in [1.29, 1.82) is 0 Å². The summed E-state index contributed by atoms with van der Waals surface area (Å²) >= 11 is 0. The number of aliphatic carboxylic acids is 2. The van der Waals surface area contributed by atoms with E-state index in [4.69, 9.17) is 10.2 Å². The molecule has 0 heterocycles. The number of carboxylic acids is 2. The van der Waals surface area contributed by atoms with Crippen LogP contribution in [0.2, 0.25) is 0 Å². The maximum Gasteiger partial charge on any atom is 0.335 e. The molecule has 0 atom stereocenters. The van der Waals surface area contributed by atoms with Gasteiger partial charge in [0.15, 0.2) is 0 Å². The van der Waals surface area contributed by atoms with Gasteiger partial charge in [-0.25, -0.2) is 19.6 Å². The Kier molecular flexibility index (Phi) is 8.67. The molecular formula is C28H20N2O6S2. The van der Waals surface area contributed by atoms with Crippen molar-refractivity contribution in [1.82, 2.24) is 0 Å². The fraction of sp³-hybridized carbons (Fsp3) is 0.0714. The second-order valence-electron chi connectivity index (χ2n) is 7.98. The average Bonchev–Trinajstić information content (AvgIpc) is 2.92. The lowest BCUT2D eigenvalue weighted by Gasteiger charge is -2.10. The van der Waals surface area contributed by atoms with Gasteiger partial charge in [0.05, 0.1) is 22.3 Å². The lowest BCUT2D eigenvalue weighted by atomic mass is 10.1. The highest BCUT2D eigenvalue weighted by molar-refractivity contribution is 8.76. The SMILES string of the molecule is O=C(O)C1=CCC(=NC(=O)c2ccccc2SSc2ccccc2C(=O)N=C2C=CC(C(=O)O)=CC2)C=C1. The molecule has 2 aromatic carbocycles. The van der Waals surface area contributed by atoms with E-state index >= 15 is 0 Å². The average molecular weight is 545 g/mol. The fourth-order valence-electron chi connectivity index (χ4n) is 3.46. The Bertz CT molecular complexity index is 1400. The summed E-state index contributed by atoms with van der Waals surface area (Å²) in [6.07, 6.45) is 9.37. The Hall–Kier alpha value is -4.28. The minimum atomic E-state index is -1.03. The third kappa shape index (κ3) is 6.72. The minimum Gasteiger partial charge on any atom is -0.478 e.